The summed E-state index contributed by atoms with van der Waals surface area (Å²) in [5.74, 6) is 0. The highest BCUT2D eigenvalue weighted by atomic mass is 32.2. The molecule has 0 radical (unpaired) electrons. The smallest absolute Gasteiger partial charge is 0.240 e. The number of sulfonamides is 1. The van der Waals surface area contributed by atoms with E-state index < -0.39 is 16.1 Å². The Balaban J connectivity index is 1.63. The molecule has 0 bridgehead atoms. The van der Waals surface area contributed by atoms with E-state index in [1.165, 1.54) is 24.5 Å². The van der Waals surface area contributed by atoms with E-state index in [1.54, 1.807) is 18.2 Å². The fourth-order valence-corrected chi connectivity index (χ4v) is 4.02. The number of rotatable bonds is 6. The minimum absolute atomic E-state index is 0.172. The molecule has 1 atom stereocenters. The van der Waals surface area contributed by atoms with Crippen LogP contribution < -0.4 is 4.72 Å². The first-order valence-corrected chi connectivity index (χ1v) is 9.36. The quantitative estimate of drug-likeness (QED) is 0.850. The molecule has 0 amide bonds. The van der Waals surface area contributed by atoms with Gasteiger partial charge in [-0.05, 0) is 61.4 Å². The molecule has 1 aromatic heterocycles. The van der Waals surface area contributed by atoms with Crippen LogP contribution in [0.15, 0.2) is 46.1 Å². The van der Waals surface area contributed by atoms with Gasteiger partial charge >= 0.3 is 0 Å². The lowest BCUT2D eigenvalue weighted by molar-refractivity contribution is 0.168. The molecular weight excluding hydrogens is 314 g/mol. The Morgan fingerprint density at radius 3 is 2.70 bits per heavy atom. The van der Waals surface area contributed by atoms with Crippen LogP contribution in [-0.2, 0) is 22.9 Å². The number of furan rings is 1. The molecular formula is C17H21NO4S. The van der Waals surface area contributed by atoms with Crippen molar-refractivity contribution >= 4 is 10.0 Å². The first kappa shape index (κ1) is 16.2. The molecule has 1 unspecified atom stereocenters. The maximum atomic E-state index is 12.4. The molecule has 6 heteroatoms. The van der Waals surface area contributed by atoms with Crippen molar-refractivity contribution in [2.24, 2.45) is 0 Å². The van der Waals surface area contributed by atoms with Crippen molar-refractivity contribution in [3.05, 3.63) is 53.5 Å². The minimum atomic E-state index is -3.54. The number of nitrogens with one attached hydrogen (secondary N) is 1. The molecule has 1 heterocycles. The molecule has 0 aliphatic heterocycles. The van der Waals surface area contributed by atoms with Gasteiger partial charge in [-0.15, -0.1) is 0 Å². The van der Waals surface area contributed by atoms with E-state index in [1.807, 2.05) is 6.07 Å². The minimum Gasteiger partial charge on any atom is -0.472 e. The molecule has 1 aliphatic carbocycles. The zero-order valence-corrected chi connectivity index (χ0v) is 13.7. The molecule has 3 rings (SSSR count). The van der Waals surface area contributed by atoms with Crippen molar-refractivity contribution in [3.8, 4) is 0 Å². The molecule has 0 fully saturated rings. The molecule has 0 saturated carbocycles. The summed E-state index contributed by atoms with van der Waals surface area (Å²) in [6.45, 7) is 0.172. The van der Waals surface area contributed by atoms with Crippen LogP contribution in [0.25, 0.3) is 0 Å². The molecule has 0 spiro atoms. The third kappa shape index (κ3) is 3.83. The average molecular weight is 335 g/mol. The van der Waals surface area contributed by atoms with Gasteiger partial charge in [0, 0.05) is 12.1 Å². The van der Waals surface area contributed by atoms with Gasteiger partial charge in [-0.25, -0.2) is 13.1 Å². The van der Waals surface area contributed by atoms with E-state index in [0.717, 1.165) is 24.8 Å². The molecule has 1 aliphatic rings. The van der Waals surface area contributed by atoms with Crippen LogP contribution in [0, 0.1) is 0 Å². The Hall–Kier alpha value is -1.63. The van der Waals surface area contributed by atoms with Crippen molar-refractivity contribution < 1.29 is 17.9 Å². The summed E-state index contributed by atoms with van der Waals surface area (Å²) in [6.07, 6.45) is 6.75. The monoisotopic (exact) mass is 335 g/mol. The van der Waals surface area contributed by atoms with E-state index in [2.05, 4.69) is 4.72 Å². The Kier molecular flexibility index (Phi) is 4.84. The van der Waals surface area contributed by atoms with Gasteiger partial charge < -0.3 is 9.52 Å². The summed E-state index contributed by atoms with van der Waals surface area (Å²) in [7, 11) is -3.54. The normalized spacial score (nSPS) is 16.0. The number of fused-ring (bicyclic) bond motifs is 1. The van der Waals surface area contributed by atoms with Crippen LogP contribution >= 0.6 is 0 Å². The van der Waals surface area contributed by atoms with Gasteiger partial charge in [0.2, 0.25) is 10.0 Å². The molecule has 2 aromatic rings. The summed E-state index contributed by atoms with van der Waals surface area (Å²) in [6, 6.07) is 7.04. The zero-order valence-electron chi connectivity index (χ0n) is 12.9. The SMILES string of the molecule is O=S(=O)(NCCC(O)c1ccoc1)c1ccc2c(c1)CCCC2. The highest BCUT2D eigenvalue weighted by molar-refractivity contribution is 7.89. The van der Waals surface area contributed by atoms with Gasteiger partial charge in [0.1, 0.15) is 0 Å². The predicted octanol–water partition coefficient (Wildman–Crippen LogP) is 2.56. The summed E-state index contributed by atoms with van der Waals surface area (Å²) in [4.78, 5) is 0.302. The van der Waals surface area contributed by atoms with Crippen LogP contribution in [0.1, 0.15) is 42.1 Å². The highest BCUT2D eigenvalue weighted by Crippen LogP contribution is 2.24. The van der Waals surface area contributed by atoms with Crippen LogP contribution in [-0.4, -0.2) is 20.1 Å². The lowest BCUT2D eigenvalue weighted by atomic mass is 9.92. The van der Waals surface area contributed by atoms with Gasteiger partial charge in [-0.2, -0.15) is 0 Å². The Morgan fingerprint density at radius 1 is 1.17 bits per heavy atom. The third-order valence-corrected chi connectivity index (χ3v) is 5.73. The van der Waals surface area contributed by atoms with Crippen molar-refractivity contribution in [2.75, 3.05) is 6.54 Å². The molecule has 23 heavy (non-hydrogen) atoms. The first-order chi connectivity index (χ1) is 11.1. The van der Waals surface area contributed by atoms with Gasteiger partial charge in [-0.3, -0.25) is 0 Å². The molecule has 1 aromatic carbocycles. The number of benzene rings is 1. The number of hydrogen-bond acceptors (Lipinski definition) is 4. The van der Waals surface area contributed by atoms with Gasteiger partial charge in [-0.1, -0.05) is 6.07 Å². The molecule has 2 N–H and O–H groups in total. The summed E-state index contributed by atoms with van der Waals surface area (Å²) < 4.78 is 32.2. The highest BCUT2D eigenvalue weighted by Gasteiger charge is 2.18. The summed E-state index contributed by atoms with van der Waals surface area (Å²) in [5, 5.41) is 9.94. The van der Waals surface area contributed by atoms with E-state index in [4.69, 9.17) is 4.42 Å². The first-order valence-electron chi connectivity index (χ1n) is 7.88. The standard InChI is InChI=1S/C17H21NO4S/c19-17(15-8-10-22-12-15)7-9-18-23(20,21)16-6-5-13-3-1-2-4-14(13)11-16/h5-6,8,10-12,17-19H,1-4,7,9H2. The predicted molar refractivity (Wildman–Crippen MR) is 86.6 cm³/mol. The Labute approximate surface area is 136 Å². The Morgan fingerprint density at radius 2 is 1.96 bits per heavy atom. The van der Waals surface area contributed by atoms with Crippen molar-refractivity contribution in [1.82, 2.24) is 4.72 Å². The van der Waals surface area contributed by atoms with Crippen molar-refractivity contribution in [1.29, 1.82) is 0 Å². The second kappa shape index (κ2) is 6.86. The van der Waals surface area contributed by atoms with Crippen LogP contribution in [0.4, 0.5) is 0 Å². The Bertz CT molecular complexity index is 753. The van der Waals surface area contributed by atoms with Gasteiger partial charge in [0.05, 0.1) is 23.5 Å². The fourth-order valence-electron chi connectivity index (χ4n) is 2.92. The van der Waals surface area contributed by atoms with Gasteiger partial charge in [0.15, 0.2) is 0 Å². The fraction of sp³-hybridized carbons (Fsp3) is 0.412. The zero-order chi connectivity index (χ0) is 16.3. The molecule has 124 valence electrons. The van der Waals surface area contributed by atoms with Gasteiger partial charge in [0.25, 0.3) is 0 Å². The second-order valence-electron chi connectivity index (χ2n) is 5.90. The lowest BCUT2D eigenvalue weighted by Gasteiger charge is -2.17. The maximum Gasteiger partial charge on any atom is 0.240 e. The number of aliphatic hydroxyl groups excluding tert-OH is 1. The number of hydrogen-bond donors (Lipinski definition) is 2. The topological polar surface area (TPSA) is 79.5 Å². The number of aryl methyl sites for hydroxylation is 2. The van der Waals surface area contributed by atoms with E-state index >= 15 is 0 Å². The van der Waals surface area contributed by atoms with Crippen molar-refractivity contribution in [2.45, 2.75) is 43.1 Å². The van der Waals surface area contributed by atoms with Crippen molar-refractivity contribution in [3.63, 3.8) is 0 Å². The summed E-state index contributed by atoms with van der Waals surface area (Å²) >= 11 is 0. The summed E-state index contributed by atoms with van der Waals surface area (Å²) in [5.41, 5.74) is 3.04. The number of aliphatic hydroxyl groups is 1. The van der Waals surface area contributed by atoms with Crippen LogP contribution in [0.2, 0.25) is 0 Å². The second-order valence-corrected chi connectivity index (χ2v) is 7.66. The molecule has 5 nitrogen and oxygen atoms in total. The van der Waals surface area contributed by atoms with Crippen LogP contribution in [0.5, 0.6) is 0 Å². The van der Waals surface area contributed by atoms with E-state index in [-0.39, 0.29) is 6.54 Å². The maximum absolute atomic E-state index is 12.4. The van der Waals surface area contributed by atoms with E-state index in [0.29, 0.717) is 16.9 Å². The average Bonchev–Trinajstić information content (AvgIpc) is 3.08. The lowest BCUT2D eigenvalue weighted by Crippen LogP contribution is -2.26. The third-order valence-electron chi connectivity index (χ3n) is 4.27. The molecule has 0 saturated heterocycles. The van der Waals surface area contributed by atoms with Crippen LogP contribution in [0.3, 0.4) is 0 Å². The largest absolute Gasteiger partial charge is 0.472 e. The van der Waals surface area contributed by atoms with E-state index in [9.17, 15) is 13.5 Å².